The lowest BCUT2D eigenvalue weighted by molar-refractivity contribution is 0.291. The molecule has 0 bridgehead atoms. The summed E-state index contributed by atoms with van der Waals surface area (Å²) in [6.07, 6.45) is 0. The molecule has 2 rings (SSSR count). The fourth-order valence-electron chi connectivity index (χ4n) is 1.83. The molecule has 0 unspecified atom stereocenters. The largest absolute Gasteiger partial charge is 0.297 e. The van der Waals surface area contributed by atoms with Gasteiger partial charge in [-0.25, -0.2) is 0 Å². The molecule has 1 saturated heterocycles. The Labute approximate surface area is 98.1 Å². The Kier molecular flexibility index (Phi) is 3.70. The van der Waals surface area contributed by atoms with Gasteiger partial charge in [-0.1, -0.05) is 12.1 Å². The molecule has 1 aliphatic heterocycles. The first-order chi connectivity index (χ1) is 7.78. The Bertz CT molecular complexity index is 429. The molecule has 3 nitrogen and oxygen atoms in total. The number of rotatable bonds is 2. The quantitative estimate of drug-likeness (QED) is 0.770. The van der Waals surface area contributed by atoms with Gasteiger partial charge in [0.25, 0.3) is 0 Å². The fraction of sp³-hybridized carbons (Fsp3) is 0.417. The molecular weight excluding hydrogens is 220 g/mol. The molecule has 0 spiro atoms. The molecule has 84 valence electrons. The fourth-order valence-corrected chi connectivity index (χ4v) is 2.96. The molecule has 0 amide bonds. The minimum atomic E-state index is -0.619. The van der Waals surface area contributed by atoms with Crippen molar-refractivity contribution in [1.29, 1.82) is 5.26 Å². The topological polar surface area (TPSA) is 44.1 Å². The Balaban J connectivity index is 1.98. The lowest BCUT2D eigenvalue weighted by atomic mass is 10.1. The van der Waals surface area contributed by atoms with E-state index in [0.29, 0.717) is 5.56 Å². The molecule has 0 saturated carbocycles. The zero-order chi connectivity index (χ0) is 11.4. The molecule has 1 fully saturated rings. The number of hydrogen-bond donors (Lipinski definition) is 0. The molecule has 0 N–H and O–H groups in total. The van der Waals surface area contributed by atoms with Crippen LogP contribution in [-0.4, -0.2) is 33.7 Å². The molecule has 0 aliphatic carbocycles. The average Bonchev–Trinajstić information content (AvgIpc) is 2.32. The Morgan fingerprint density at radius 1 is 1.38 bits per heavy atom. The predicted octanol–water partition coefficient (Wildman–Crippen LogP) is 1.12. The average molecular weight is 234 g/mol. The maximum Gasteiger partial charge on any atom is 0.0991 e. The first-order valence-corrected chi connectivity index (χ1v) is 6.83. The van der Waals surface area contributed by atoms with Gasteiger partial charge in [-0.2, -0.15) is 5.26 Å². The summed E-state index contributed by atoms with van der Waals surface area (Å²) in [4.78, 5) is 2.29. The summed E-state index contributed by atoms with van der Waals surface area (Å²) in [5.74, 6) is 1.55. The van der Waals surface area contributed by atoms with Crippen LogP contribution >= 0.6 is 0 Å². The molecule has 0 aromatic heterocycles. The highest BCUT2D eigenvalue weighted by Crippen LogP contribution is 2.09. The zero-order valence-electron chi connectivity index (χ0n) is 9.06. The van der Waals surface area contributed by atoms with Crippen LogP contribution in [0, 0.1) is 11.3 Å². The second-order valence-electron chi connectivity index (χ2n) is 3.94. The third-order valence-electron chi connectivity index (χ3n) is 2.73. The van der Waals surface area contributed by atoms with E-state index >= 15 is 0 Å². The number of nitriles is 1. The molecule has 0 radical (unpaired) electrons. The summed E-state index contributed by atoms with van der Waals surface area (Å²) in [5.41, 5.74) is 1.87. The summed E-state index contributed by atoms with van der Waals surface area (Å²) >= 11 is 0. The van der Waals surface area contributed by atoms with Gasteiger partial charge in [-0.15, -0.1) is 0 Å². The van der Waals surface area contributed by atoms with Crippen LogP contribution in [0.15, 0.2) is 24.3 Å². The third-order valence-corrected chi connectivity index (χ3v) is 4.01. The summed E-state index contributed by atoms with van der Waals surface area (Å²) in [5, 5.41) is 8.80. The Hall–Kier alpha value is -1.18. The van der Waals surface area contributed by atoms with Crippen LogP contribution in [0.4, 0.5) is 0 Å². The monoisotopic (exact) mass is 234 g/mol. The molecule has 0 atom stereocenters. The minimum absolute atomic E-state index is 0.619. The highest BCUT2D eigenvalue weighted by atomic mass is 32.2. The molecule has 1 heterocycles. The van der Waals surface area contributed by atoms with E-state index in [0.717, 1.165) is 36.7 Å². The lowest BCUT2D eigenvalue weighted by Gasteiger charge is -2.26. The van der Waals surface area contributed by atoms with Gasteiger partial charge in [-0.05, 0) is 17.7 Å². The van der Waals surface area contributed by atoms with Gasteiger partial charge < -0.3 is 0 Å². The number of hydrogen-bond acceptors (Lipinski definition) is 3. The van der Waals surface area contributed by atoms with Crippen LogP contribution in [0.2, 0.25) is 0 Å². The van der Waals surface area contributed by atoms with Gasteiger partial charge in [0.1, 0.15) is 0 Å². The van der Waals surface area contributed by atoms with E-state index in [2.05, 4.69) is 11.0 Å². The lowest BCUT2D eigenvalue weighted by Crippen LogP contribution is -2.37. The normalized spacial score (nSPS) is 18.2. The van der Waals surface area contributed by atoms with Crippen LogP contribution in [-0.2, 0) is 17.3 Å². The molecular formula is C12H14N2OS. The van der Waals surface area contributed by atoms with Crippen molar-refractivity contribution in [3.05, 3.63) is 35.4 Å². The van der Waals surface area contributed by atoms with Crippen LogP contribution < -0.4 is 0 Å². The second kappa shape index (κ2) is 5.24. The maximum absolute atomic E-state index is 11.2. The number of nitrogens with zero attached hydrogens (tertiary/aromatic N) is 2. The summed E-state index contributed by atoms with van der Waals surface area (Å²) < 4.78 is 11.2. The van der Waals surface area contributed by atoms with Crippen LogP contribution in [0.3, 0.4) is 0 Å². The van der Waals surface area contributed by atoms with E-state index in [9.17, 15) is 4.21 Å². The van der Waals surface area contributed by atoms with Crippen molar-refractivity contribution >= 4 is 10.8 Å². The van der Waals surface area contributed by atoms with E-state index < -0.39 is 10.8 Å². The van der Waals surface area contributed by atoms with Crippen molar-refractivity contribution in [2.45, 2.75) is 6.54 Å². The summed E-state index contributed by atoms with van der Waals surface area (Å²) in [6, 6.07) is 9.83. The third kappa shape index (κ3) is 2.91. The van der Waals surface area contributed by atoms with Crippen molar-refractivity contribution in [3.63, 3.8) is 0 Å². The van der Waals surface area contributed by atoms with E-state index in [1.807, 2.05) is 24.3 Å². The van der Waals surface area contributed by atoms with Gasteiger partial charge in [0, 0.05) is 41.9 Å². The van der Waals surface area contributed by atoms with Crippen LogP contribution in [0.25, 0.3) is 0 Å². The highest BCUT2D eigenvalue weighted by molar-refractivity contribution is 7.85. The van der Waals surface area contributed by atoms with Gasteiger partial charge in [0.15, 0.2) is 0 Å². The standard InChI is InChI=1S/C12H14N2OS/c13-9-11-2-1-3-12(8-11)10-14-4-6-16(15)7-5-14/h1-3,8H,4-7,10H2. The minimum Gasteiger partial charge on any atom is -0.297 e. The Morgan fingerprint density at radius 3 is 2.81 bits per heavy atom. The van der Waals surface area contributed by atoms with Gasteiger partial charge in [0.05, 0.1) is 11.6 Å². The molecule has 1 aromatic rings. The van der Waals surface area contributed by atoms with E-state index in [-0.39, 0.29) is 0 Å². The second-order valence-corrected chi connectivity index (χ2v) is 5.63. The van der Waals surface area contributed by atoms with Gasteiger partial charge >= 0.3 is 0 Å². The predicted molar refractivity (Wildman–Crippen MR) is 64.3 cm³/mol. The van der Waals surface area contributed by atoms with E-state index in [4.69, 9.17) is 5.26 Å². The molecule has 1 aromatic carbocycles. The van der Waals surface area contributed by atoms with Crippen LogP contribution in [0.1, 0.15) is 11.1 Å². The number of benzene rings is 1. The van der Waals surface area contributed by atoms with Crippen molar-refractivity contribution in [2.24, 2.45) is 0 Å². The Morgan fingerprint density at radius 2 is 2.12 bits per heavy atom. The van der Waals surface area contributed by atoms with Gasteiger partial charge in [0.2, 0.25) is 0 Å². The maximum atomic E-state index is 11.2. The smallest absolute Gasteiger partial charge is 0.0991 e. The molecule has 16 heavy (non-hydrogen) atoms. The molecule has 1 aliphatic rings. The first-order valence-electron chi connectivity index (χ1n) is 5.34. The van der Waals surface area contributed by atoms with Crippen molar-refractivity contribution in [3.8, 4) is 6.07 Å². The first kappa shape index (κ1) is 11.3. The summed E-state index contributed by atoms with van der Waals surface area (Å²) in [7, 11) is -0.619. The van der Waals surface area contributed by atoms with E-state index in [1.165, 1.54) is 0 Å². The zero-order valence-corrected chi connectivity index (χ0v) is 9.87. The van der Waals surface area contributed by atoms with Crippen LogP contribution in [0.5, 0.6) is 0 Å². The molecule has 4 heteroatoms. The SMILES string of the molecule is N#Cc1cccc(CN2CCS(=O)CC2)c1. The van der Waals surface area contributed by atoms with Crippen molar-refractivity contribution in [2.75, 3.05) is 24.6 Å². The van der Waals surface area contributed by atoms with Crippen molar-refractivity contribution < 1.29 is 4.21 Å². The van der Waals surface area contributed by atoms with Gasteiger partial charge in [-0.3, -0.25) is 9.11 Å². The van der Waals surface area contributed by atoms with E-state index in [1.54, 1.807) is 0 Å². The highest BCUT2D eigenvalue weighted by Gasteiger charge is 2.14. The van der Waals surface area contributed by atoms with Crippen molar-refractivity contribution in [1.82, 2.24) is 4.90 Å². The summed E-state index contributed by atoms with van der Waals surface area (Å²) in [6.45, 7) is 2.64.